The van der Waals surface area contributed by atoms with E-state index in [0.29, 0.717) is 52.9 Å². The van der Waals surface area contributed by atoms with E-state index in [0.717, 1.165) is 4.90 Å². The lowest BCUT2D eigenvalue weighted by molar-refractivity contribution is -0.142. The van der Waals surface area contributed by atoms with Gasteiger partial charge in [-0.1, -0.05) is 65.7 Å². The first-order valence-corrected chi connectivity index (χ1v) is 15.9. The van der Waals surface area contributed by atoms with Crippen LogP contribution in [0.25, 0.3) is 6.08 Å². The minimum Gasteiger partial charge on any atom is -0.480 e. The monoisotopic (exact) mass is 654 g/mol. The Balaban J connectivity index is 1.31. The molecule has 9 nitrogen and oxygen atoms in total. The molecule has 4 rings (SSSR count). The molecule has 0 radical (unpaired) electrons. The summed E-state index contributed by atoms with van der Waals surface area (Å²) in [7, 11) is 0. The van der Waals surface area contributed by atoms with E-state index in [4.69, 9.17) is 23.2 Å². The Kier molecular flexibility index (Phi) is 11.7. The molecule has 1 fully saturated rings. The molecule has 0 bridgehead atoms. The number of benzene rings is 3. The van der Waals surface area contributed by atoms with Gasteiger partial charge in [0.05, 0.1) is 28.0 Å². The smallest absolute Gasteiger partial charge is 0.328 e. The quantitative estimate of drug-likeness (QED) is 0.180. The number of hydrogen-bond acceptors (Lipinski definition) is 5. The third-order valence-electron chi connectivity index (χ3n) is 7.18. The van der Waals surface area contributed by atoms with Gasteiger partial charge in [-0.05, 0) is 61.1 Å². The third-order valence-corrected chi connectivity index (χ3v) is 8.97. The van der Waals surface area contributed by atoms with Crippen LogP contribution in [-0.2, 0) is 14.4 Å². The van der Waals surface area contributed by atoms with Crippen molar-refractivity contribution in [2.24, 2.45) is 5.92 Å². The number of halogens is 2. The number of likely N-dealkylation sites (tertiary alicyclic amines) is 1. The van der Waals surface area contributed by atoms with Crippen LogP contribution < -0.4 is 15.5 Å². The number of amides is 4. The number of carboxylic acids is 1. The van der Waals surface area contributed by atoms with Crippen LogP contribution in [0.2, 0.25) is 10.0 Å². The van der Waals surface area contributed by atoms with E-state index in [1.807, 2.05) is 24.5 Å². The van der Waals surface area contributed by atoms with Crippen LogP contribution in [0.4, 0.5) is 16.2 Å². The van der Waals surface area contributed by atoms with Gasteiger partial charge in [-0.15, -0.1) is 11.8 Å². The molecule has 44 heavy (non-hydrogen) atoms. The zero-order chi connectivity index (χ0) is 31.6. The van der Waals surface area contributed by atoms with Crippen molar-refractivity contribution >= 4 is 76.2 Å². The average molecular weight is 656 g/mol. The van der Waals surface area contributed by atoms with E-state index in [1.165, 1.54) is 22.7 Å². The summed E-state index contributed by atoms with van der Waals surface area (Å²) in [6, 6.07) is 19.7. The molecule has 230 valence electrons. The number of rotatable bonds is 10. The molecule has 1 heterocycles. The Bertz CT molecular complexity index is 1480. The number of thioether (sulfide) groups is 1. The summed E-state index contributed by atoms with van der Waals surface area (Å²) in [5.74, 6) is -2.41. The second-order valence-corrected chi connectivity index (χ2v) is 11.6. The van der Waals surface area contributed by atoms with Crippen molar-refractivity contribution in [2.75, 3.05) is 30.8 Å². The van der Waals surface area contributed by atoms with Crippen LogP contribution in [0, 0.1) is 5.92 Å². The number of hydrogen-bond donors (Lipinski definition) is 3. The number of carbonyl (C=O) groups is 4. The van der Waals surface area contributed by atoms with Gasteiger partial charge in [0.1, 0.15) is 6.04 Å². The maximum Gasteiger partial charge on any atom is 0.328 e. The van der Waals surface area contributed by atoms with Gasteiger partial charge in [0, 0.05) is 30.0 Å². The van der Waals surface area contributed by atoms with Crippen LogP contribution in [0.1, 0.15) is 18.4 Å². The standard InChI is InChI=1S/C32H32Cl2N4O5S/c1-44-26-14-12-21(28(33)29(26)34)13-15-27(39)37-18-16-22(17-19-37)30(40)36-25(31(41)42)20-35-32(43)38(23-8-4-2-5-9-23)24-10-6-3-7-11-24/h2-15,22,25H,16-20H2,1H3,(H,35,43)(H,36,40)(H,41,42)/b15-13+/t25-/m0/s1. The van der Waals surface area contributed by atoms with Crippen molar-refractivity contribution < 1.29 is 24.3 Å². The van der Waals surface area contributed by atoms with Crippen LogP contribution in [0.3, 0.4) is 0 Å². The molecule has 3 N–H and O–H groups in total. The van der Waals surface area contributed by atoms with Gasteiger partial charge in [0.15, 0.2) is 0 Å². The van der Waals surface area contributed by atoms with E-state index >= 15 is 0 Å². The molecule has 1 saturated heterocycles. The van der Waals surface area contributed by atoms with Crippen molar-refractivity contribution in [3.8, 4) is 0 Å². The Hall–Kier alpha value is -3.99. The number of anilines is 2. The van der Waals surface area contributed by atoms with E-state index < -0.39 is 29.9 Å². The molecule has 0 aliphatic carbocycles. The highest BCUT2D eigenvalue weighted by molar-refractivity contribution is 7.98. The largest absolute Gasteiger partial charge is 0.480 e. The van der Waals surface area contributed by atoms with Crippen LogP contribution in [0.15, 0.2) is 83.8 Å². The van der Waals surface area contributed by atoms with Gasteiger partial charge in [0.2, 0.25) is 11.8 Å². The number of nitrogens with one attached hydrogen (secondary N) is 2. The fourth-order valence-electron chi connectivity index (χ4n) is 4.76. The van der Waals surface area contributed by atoms with Crippen molar-refractivity contribution in [3.05, 3.63) is 94.5 Å². The lowest BCUT2D eigenvalue weighted by Crippen LogP contribution is -2.52. The molecule has 1 aliphatic heterocycles. The lowest BCUT2D eigenvalue weighted by atomic mass is 9.95. The summed E-state index contributed by atoms with van der Waals surface area (Å²) >= 11 is 14.1. The third kappa shape index (κ3) is 8.34. The summed E-state index contributed by atoms with van der Waals surface area (Å²) in [4.78, 5) is 54.9. The molecule has 1 aliphatic rings. The van der Waals surface area contributed by atoms with Crippen LogP contribution in [0.5, 0.6) is 0 Å². The molecule has 0 saturated carbocycles. The molecule has 4 amide bonds. The van der Waals surface area contributed by atoms with Crippen LogP contribution >= 0.6 is 35.0 Å². The van der Waals surface area contributed by atoms with Gasteiger partial charge < -0.3 is 20.6 Å². The summed E-state index contributed by atoms with van der Waals surface area (Å²) in [5.41, 5.74) is 1.83. The number of para-hydroxylation sites is 2. The Morgan fingerprint density at radius 3 is 2.09 bits per heavy atom. The Morgan fingerprint density at radius 2 is 1.55 bits per heavy atom. The zero-order valence-corrected chi connectivity index (χ0v) is 26.2. The van der Waals surface area contributed by atoms with Crippen molar-refractivity contribution in [2.45, 2.75) is 23.8 Å². The average Bonchev–Trinajstić information content (AvgIpc) is 3.04. The molecule has 0 unspecified atom stereocenters. The summed E-state index contributed by atoms with van der Waals surface area (Å²) < 4.78 is 0. The highest BCUT2D eigenvalue weighted by atomic mass is 35.5. The van der Waals surface area contributed by atoms with Crippen LogP contribution in [-0.4, -0.2) is 65.8 Å². The van der Waals surface area contributed by atoms with Gasteiger partial charge in [0.25, 0.3) is 0 Å². The molecule has 3 aromatic rings. The molecule has 0 spiro atoms. The minimum absolute atomic E-state index is 0.225. The predicted molar refractivity (Wildman–Crippen MR) is 175 cm³/mol. The van der Waals surface area contributed by atoms with Gasteiger partial charge in [-0.25, -0.2) is 9.59 Å². The number of carbonyl (C=O) groups excluding carboxylic acids is 3. The van der Waals surface area contributed by atoms with Crippen molar-refractivity contribution in [1.82, 2.24) is 15.5 Å². The SMILES string of the molecule is CSc1ccc(/C=C/C(=O)N2CCC(C(=O)N[C@@H](CNC(=O)N(c3ccccc3)c3ccccc3)C(=O)O)CC2)c(Cl)c1Cl. The number of urea groups is 1. The number of carboxylic acid groups (broad SMARTS) is 1. The fraction of sp³-hybridized carbons (Fsp3) is 0.250. The molecule has 0 aromatic heterocycles. The summed E-state index contributed by atoms with van der Waals surface area (Å²) in [6.07, 6.45) is 5.67. The van der Waals surface area contributed by atoms with Gasteiger partial charge in [-0.2, -0.15) is 0 Å². The number of nitrogens with zero attached hydrogens (tertiary/aromatic N) is 2. The first-order valence-electron chi connectivity index (χ1n) is 13.9. The minimum atomic E-state index is -1.34. The van der Waals surface area contributed by atoms with E-state index in [2.05, 4.69) is 10.6 Å². The fourth-order valence-corrected chi connectivity index (χ4v) is 5.93. The Morgan fingerprint density at radius 1 is 0.955 bits per heavy atom. The van der Waals surface area contributed by atoms with Gasteiger partial charge in [-0.3, -0.25) is 14.5 Å². The first kappa shape index (κ1) is 32.9. The molecule has 12 heteroatoms. The topological polar surface area (TPSA) is 119 Å². The maximum atomic E-state index is 13.2. The zero-order valence-electron chi connectivity index (χ0n) is 23.9. The highest BCUT2D eigenvalue weighted by Crippen LogP contribution is 2.35. The second-order valence-electron chi connectivity index (χ2n) is 10.0. The normalized spacial score (nSPS) is 14.2. The van der Waals surface area contributed by atoms with E-state index in [1.54, 1.807) is 65.6 Å². The predicted octanol–water partition coefficient (Wildman–Crippen LogP) is 6.08. The number of aliphatic carboxylic acids is 1. The molecule has 1 atom stereocenters. The maximum absolute atomic E-state index is 13.2. The molecule has 3 aromatic carbocycles. The van der Waals surface area contributed by atoms with Crippen molar-refractivity contribution in [3.63, 3.8) is 0 Å². The second kappa shape index (κ2) is 15.7. The lowest BCUT2D eigenvalue weighted by Gasteiger charge is -2.31. The van der Waals surface area contributed by atoms with Crippen molar-refractivity contribution in [1.29, 1.82) is 0 Å². The van der Waals surface area contributed by atoms with E-state index in [9.17, 15) is 24.3 Å². The first-order chi connectivity index (χ1) is 21.2. The molecular weight excluding hydrogens is 623 g/mol. The van der Waals surface area contributed by atoms with E-state index in [-0.39, 0.29) is 12.5 Å². The summed E-state index contributed by atoms with van der Waals surface area (Å²) in [6.45, 7) is 0.347. The Labute approximate surface area is 270 Å². The molecular formula is C32H32Cl2N4O5S. The van der Waals surface area contributed by atoms with Gasteiger partial charge >= 0.3 is 12.0 Å². The summed E-state index contributed by atoms with van der Waals surface area (Å²) in [5, 5.41) is 15.8. The highest BCUT2D eigenvalue weighted by Gasteiger charge is 2.30. The number of piperidine rings is 1.